The summed E-state index contributed by atoms with van der Waals surface area (Å²) in [7, 11) is 0. The van der Waals surface area contributed by atoms with Gasteiger partial charge in [0.15, 0.2) is 0 Å². The van der Waals surface area contributed by atoms with E-state index in [-0.39, 0.29) is 12.6 Å². The Hall–Kier alpha value is -2.39. The van der Waals surface area contributed by atoms with Crippen molar-refractivity contribution < 1.29 is 9.53 Å². The first-order valence-corrected chi connectivity index (χ1v) is 9.83. The van der Waals surface area contributed by atoms with Gasteiger partial charge in [0.2, 0.25) is 0 Å². The molecule has 1 aliphatic carbocycles. The van der Waals surface area contributed by atoms with E-state index < -0.39 is 0 Å². The zero-order valence-electron chi connectivity index (χ0n) is 16.2. The minimum absolute atomic E-state index is 0.215. The third-order valence-corrected chi connectivity index (χ3v) is 5.45. The van der Waals surface area contributed by atoms with Crippen LogP contribution in [-0.4, -0.2) is 5.97 Å². The van der Waals surface area contributed by atoms with E-state index in [2.05, 4.69) is 43.0 Å². The Morgan fingerprint density at radius 1 is 1.04 bits per heavy atom. The molecule has 0 bridgehead atoms. The fraction of sp³-hybridized carbons (Fsp3) is 0.375. The summed E-state index contributed by atoms with van der Waals surface area (Å²) >= 11 is 0. The van der Waals surface area contributed by atoms with Gasteiger partial charge in [-0.15, -0.1) is 0 Å². The minimum Gasteiger partial charge on any atom is -0.457 e. The van der Waals surface area contributed by atoms with Crippen molar-refractivity contribution in [1.29, 1.82) is 0 Å². The molecular formula is C24H29NO2. The van der Waals surface area contributed by atoms with Crippen LogP contribution in [0.25, 0.3) is 11.1 Å². The van der Waals surface area contributed by atoms with Gasteiger partial charge in [0.05, 0.1) is 0 Å². The van der Waals surface area contributed by atoms with Crippen LogP contribution in [0.1, 0.15) is 61.6 Å². The van der Waals surface area contributed by atoms with Crippen LogP contribution in [0.2, 0.25) is 0 Å². The third kappa shape index (κ3) is 4.86. The van der Waals surface area contributed by atoms with Crippen molar-refractivity contribution in [2.24, 2.45) is 5.73 Å². The smallest absolute Gasteiger partial charge is 0.333 e. The van der Waals surface area contributed by atoms with Gasteiger partial charge in [0.1, 0.15) is 6.61 Å². The number of hydrogen-bond donors (Lipinski definition) is 1. The predicted octanol–water partition coefficient (Wildman–Crippen LogP) is 5.48. The van der Waals surface area contributed by atoms with Gasteiger partial charge < -0.3 is 10.5 Å². The maximum atomic E-state index is 11.7. The molecule has 2 N–H and O–H groups in total. The maximum absolute atomic E-state index is 11.7. The van der Waals surface area contributed by atoms with Crippen molar-refractivity contribution in [1.82, 2.24) is 0 Å². The van der Waals surface area contributed by atoms with E-state index in [1.165, 1.54) is 43.2 Å². The Morgan fingerprint density at radius 3 is 2.33 bits per heavy atom. The molecule has 3 rings (SSSR count). The molecule has 27 heavy (non-hydrogen) atoms. The molecule has 0 saturated heterocycles. The lowest BCUT2D eigenvalue weighted by atomic mass is 9.83. The van der Waals surface area contributed by atoms with E-state index in [0.29, 0.717) is 18.0 Å². The van der Waals surface area contributed by atoms with Gasteiger partial charge in [-0.3, -0.25) is 0 Å². The van der Waals surface area contributed by atoms with Crippen molar-refractivity contribution in [3.05, 3.63) is 71.3 Å². The van der Waals surface area contributed by atoms with Crippen molar-refractivity contribution in [2.45, 2.75) is 58.1 Å². The van der Waals surface area contributed by atoms with Crippen molar-refractivity contribution in [3.8, 4) is 11.1 Å². The molecule has 142 valence electrons. The molecule has 0 atom stereocenters. The van der Waals surface area contributed by atoms with E-state index in [0.717, 1.165) is 16.7 Å². The topological polar surface area (TPSA) is 52.3 Å². The van der Waals surface area contributed by atoms with Crippen LogP contribution in [0.3, 0.4) is 0 Å². The molecule has 0 aliphatic heterocycles. The van der Waals surface area contributed by atoms with Crippen LogP contribution in [0, 0.1) is 0 Å². The van der Waals surface area contributed by atoms with E-state index >= 15 is 0 Å². The number of hydrogen-bond acceptors (Lipinski definition) is 3. The van der Waals surface area contributed by atoms with E-state index in [1.54, 1.807) is 6.92 Å². The fourth-order valence-electron chi connectivity index (χ4n) is 3.79. The van der Waals surface area contributed by atoms with Gasteiger partial charge >= 0.3 is 5.97 Å². The first-order valence-electron chi connectivity index (χ1n) is 9.83. The summed E-state index contributed by atoms with van der Waals surface area (Å²) in [6.07, 6.45) is 6.69. The Balaban J connectivity index is 1.78. The molecule has 0 heterocycles. The summed E-state index contributed by atoms with van der Waals surface area (Å²) in [6, 6.07) is 15.1. The highest BCUT2D eigenvalue weighted by Gasteiger charge is 2.15. The first-order chi connectivity index (χ1) is 13.1. The van der Waals surface area contributed by atoms with E-state index in [9.17, 15) is 4.79 Å². The van der Waals surface area contributed by atoms with Gasteiger partial charge in [0, 0.05) is 12.1 Å². The first kappa shape index (κ1) is 19.4. The van der Waals surface area contributed by atoms with Gasteiger partial charge in [-0.2, -0.15) is 0 Å². The van der Waals surface area contributed by atoms with Crippen molar-refractivity contribution in [2.75, 3.05) is 0 Å². The normalized spacial score (nSPS) is 14.7. The largest absolute Gasteiger partial charge is 0.457 e. The Bertz CT molecular complexity index is 802. The summed E-state index contributed by atoms with van der Waals surface area (Å²) in [5, 5.41) is 0. The SMILES string of the molecule is C=C(C)C(=O)OCc1cc(-c2ccc(C3CCCCC3)cc2)ccc1CN. The average molecular weight is 364 g/mol. The van der Waals surface area contributed by atoms with Gasteiger partial charge in [-0.25, -0.2) is 4.79 Å². The number of carbonyl (C=O) groups is 1. The minimum atomic E-state index is -0.375. The lowest BCUT2D eigenvalue weighted by Gasteiger charge is -2.22. The van der Waals surface area contributed by atoms with Crippen molar-refractivity contribution >= 4 is 5.97 Å². The molecule has 1 fully saturated rings. The van der Waals surface area contributed by atoms with Crippen LogP contribution >= 0.6 is 0 Å². The van der Waals surface area contributed by atoms with Gasteiger partial charge in [-0.05, 0) is 59.6 Å². The Morgan fingerprint density at radius 2 is 1.70 bits per heavy atom. The number of ether oxygens (including phenoxy) is 1. The summed E-state index contributed by atoms with van der Waals surface area (Å²) in [4.78, 5) is 11.7. The van der Waals surface area contributed by atoms with Crippen LogP contribution in [0.5, 0.6) is 0 Å². The molecule has 0 aromatic heterocycles. The second-order valence-electron chi connectivity index (χ2n) is 7.50. The second-order valence-corrected chi connectivity index (χ2v) is 7.50. The molecule has 0 amide bonds. The molecule has 0 spiro atoms. The quantitative estimate of drug-likeness (QED) is 0.546. The summed E-state index contributed by atoms with van der Waals surface area (Å²) in [5.41, 5.74) is 11.9. The van der Waals surface area contributed by atoms with Crippen LogP contribution in [0.15, 0.2) is 54.6 Å². The molecule has 2 aromatic carbocycles. The molecule has 2 aromatic rings. The monoisotopic (exact) mass is 363 g/mol. The number of esters is 1. The number of carbonyl (C=O) groups excluding carboxylic acids is 1. The molecule has 1 saturated carbocycles. The lowest BCUT2D eigenvalue weighted by molar-refractivity contribution is -0.140. The summed E-state index contributed by atoms with van der Waals surface area (Å²) in [5.74, 6) is 0.338. The predicted molar refractivity (Wildman–Crippen MR) is 110 cm³/mol. The summed E-state index contributed by atoms with van der Waals surface area (Å²) in [6.45, 7) is 5.90. The molecular weight excluding hydrogens is 334 g/mol. The van der Waals surface area contributed by atoms with Crippen LogP contribution in [-0.2, 0) is 22.7 Å². The molecule has 3 heteroatoms. The zero-order chi connectivity index (χ0) is 19.2. The Kier molecular flexibility index (Phi) is 6.46. The number of nitrogens with two attached hydrogens (primary N) is 1. The highest BCUT2D eigenvalue weighted by Crippen LogP contribution is 2.33. The zero-order valence-corrected chi connectivity index (χ0v) is 16.2. The number of rotatable bonds is 6. The second kappa shape index (κ2) is 9.01. The maximum Gasteiger partial charge on any atom is 0.333 e. The highest BCUT2D eigenvalue weighted by atomic mass is 16.5. The van der Waals surface area contributed by atoms with E-state index in [4.69, 9.17) is 10.5 Å². The summed E-state index contributed by atoms with van der Waals surface area (Å²) < 4.78 is 5.33. The third-order valence-electron chi connectivity index (χ3n) is 5.45. The molecule has 0 unspecified atom stereocenters. The van der Waals surface area contributed by atoms with Crippen LogP contribution < -0.4 is 5.73 Å². The average Bonchev–Trinajstić information content (AvgIpc) is 2.72. The van der Waals surface area contributed by atoms with Gasteiger partial charge in [-0.1, -0.05) is 62.2 Å². The van der Waals surface area contributed by atoms with E-state index in [1.807, 2.05) is 6.07 Å². The fourth-order valence-corrected chi connectivity index (χ4v) is 3.79. The molecule has 1 aliphatic rings. The Labute approximate surface area is 162 Å². The van der Waals surface area contributed by atoms with Crippen LogP contribution in [0.4, 0.5) is 0 Å². The number of benzene rings is 2. The highest BCUT2D eigenvalue weighted by molar-refractivity contribution is 5.86. The van der Waals surface area contributed by atoms with Gasteiger partial charge in [0.25, 0.3) is 0 Å². The molecule has 0 radical (unpaired) electrons. The lowest BCUT2D eigenvalue weighted by Crippen LogP contribution is -2.08. The molecule has 3 nitrogen and oxygen atoms in total. The standard InChI is InChI=1S/C24H29NO2/c1-17(2)24(26)27-16-23-14-21(12-13-22(23)15-25)20-10-8-19(9-11-20)18-6-4-3-5-7-18/h8-14,18H,1,3-7,15-16,25H2,2H3. The van der Waals surface area contributed by atoms with Crippen molar-refractivity contribution in [3.63, 3.8) is 0 Å².